The molecule has 0 amide bonds. The number of hydrogen-bond donors (Lipinski definition) is 2. The van der Waals surface area contributed by atoms with Crippen molar-refractivity contribution in [3.63, 3.8) is 0 Å². The molecule has 0 spiro atoms. The lowest BCUT2D eigenvalue weighted by molar-refractivity contribution is 0.218. The van der Waals surface area contributed by atoms with Crippen LogP contribution in [0.25, 0.3) is 0 Å². The Balaban J connectivity index is 3.02. The maximum Gasteiger partial charge on any atom is 0.124 e. The highest BCUT2D eigenvalue weighted by Crippen LogP contribution is 2.29. The highest BCUT2D eigenvalue weighted by Gasteiger charge is 2.15. The van der Waals surface area contributed by atoms with E-state index in [2.05, 4.69) is 0 Å². The molecule has 0 heterocycles. The van der Waals surface area contributed by atoms with Gasteiger partial charge in [0.25, 0.3) is 0 Å². The van der Waals surface area contributed by atoms with Crippen LogP contribution in [0.3, 0.4) is 0 Å². The summed E-state index contributed by atoms with van der Waals surface area (Å²) >= 11 is 0. The van der Waals surface area contributed by atoms with E-state index < -0.39 is 0 Å². The minimum absolute atomic E-state index is 0.0290. The Morgan fingerprint density at radius 2 is 1.78 bits per heavy atom. The van der Waals surface area contributed by atoms with E-state index in [1.165, 1.54) is 0 Å². The molecule has 0 radical (unpaired) electrons. The normalized spacial score (nSPS) is 12.3. The van der Waals surface area contributed by atoms with Crippen molar-refractivity contribution in [1.29, 1.82) is 0 Å². The first kappa shape index (κ1) is 14.8. The van der Waals surface area contributed by atoms with Gasteiger partial charge >= 0.3 is 0 Å². The Kier molecular flexibility index (Phi) is 5.44. The average Bonchev–Trinajstić information content (AvgIpc) is 2.34. The average molecular weight is 253 g/mol. The second-order valence-corrected chi connectivity index (χ2v) is 4.57. The molecule has 18 heavy (non-hydrogen) atoms. The fourth-order valence-electron chi connectivity index (χ4n) is 2.22. The van der Waals surface area contributed by atoms with Crippen molar-refractivity contribution in [3.8, 4) is 5.75 Å². The first-order valence-electron chi connectivity index (χ1n) is 6.15. The predicted molar refractivity (Wildman–Crippen MR) is 73.4 cm³/mol. The molecule has 1 rings (SSSR count). The van der Waals surface area contributed by atoms with Gasteiger partial charge in [-0.05, 0) is 43.5 Å². The van der Waals surface area contributed by atoms with Gasteiger partial charge in [0.15, 0.2) is 0 Å². The SMILES string of the molecule is COc1c(C)cc(N(C)C(CO)CCO)cc1C. The third-order valence-electron chi connectivity index (χ3n) is 3.28. The van der Waals surface area contributed by atoms with Gasteiger partial charge in [-0.2, -0.15) is 0 Å². The van der Waals surface area contributed by atoms with E-state index in [1.807, 2.05) is 37.9 Å². The van der Waals surface area contributed by atoms with Crippen molar-refractivity contribution < 1.29 is 14.9 Å². The summed E-state index contributed by atoms with van der Waals surface area (Å²) < 4.78 is 5.34. The molecule has 1 unspecified atom stereocenters. The smallest absolute Gasteiger partial charge is 0.124 e. The maximum atomic E-state index is 9.35. The molecule has 0 aromatic heterocycles. The quantitative estimate of drug-likeness (QED) is 0.806. The van der Waals surface area contributed by atoms with Crippen LogP contribution in [0, 0.1) is 13.8 Å². The van der Waals surface area contributed by atoms with Gasteiger partial charge < -0.3 is 19.8 Å². The Morgan fingerprint density at radius 3 is 2.17 bits per heavy atom. The molecule has 0 aliphatic heterocycles. The topological polar surface area (TPSA) is 52.9 Å². The van der Waals surface area contributed by atoms with Crippen LogP contribution in [0.15, 0.2) is 12.1 Å². The first-order chi connectivity index (χ1) is 8.54. The van der Waals surface area contributed by atoms with Crippen molar-refractivity contribution in [2.45, 2.75) is 26.3 Å². The van der Waals surface area contributed by atoms with E-state index in [0.29, 0.717) is 6.42 Å². The second-order valence-electron chi connectivity index (χ2n) is 4.57. The van der Waals surface area contributed by atoms with E-state index in [-0.39, 0.29) is 19.3 Å². The summed E-state index contributed by atoms with van der Waals surface area (Å²) in [6, 6.07) is 4.00. The summed E-state index contributed by atoms with van der Waals surface area (Å²) in [4.78, 5) is 2.00. The number of benzene rings is 1. The molecule has 0 bridgehead atoms. The van der Waals surface area contributed by atoms with Crippen molar-refractivity contribution >= 4 is 5.69 Å². The number of anilines is 1. The predicted octanol–water partition coefficient (Wildman–Crippen LogP) is 1.49. The van der Waals surface area contributed by atoms with Crippen LogP contribution in [0.1, 0.15) is 17.5 Å². The summed E-state index contributed by atoms with van der Waals surface area (Å²) in [5, 5.41) is 18.3. The Morgan fingerprint density at radius 1 is 1.22 bits per heavy atom. The molecule has 1 atom stereocenters. The van der Waals surface area contributed by atoms with Crippen molar-refractivity contribution in [3.05, 3.63) is 23.3 Å². The summed E-state index contributed by atoms with van der Waals surface area (Å²) in [7, 11) is 3.60. The Labute approximate surface area is 109 Å². The van der Waals surface area contributed by atoms with Gasteiger partial charge in [0.1, 0.15) is 5.75 Å². The number of ether oxygens (including phenoxy) is 1. The van der Waals surface area contributed by atoms with Gasteiger partial charge in [0.2, 0.25) is 0 Å². The first-order valence-corrected chi connectivity index (χ1v) is 6.15. The van der Waals surface area contributed by atoms with Crippen LogP contribution in [0.2, 0.25) is 0 Å². The lowest BCUT2D eigenvalue weighted by atomic mass is 10.1. The molecule has 4 heteroatoms. The van der Waals surface area contributed by atoms with Gasteiger partial charge in [-0.25, -0.2) is 0 Å². The van der Waals surface area contributed by atoms with E-state index in [0.717, 1.165) is 22.6 Å². The Bertz CT molecular complexity index is 370. The minimum atomic E-state index is -0.0674. The van der Waals surface area contributed by atoms with Crippen molar-refractivity contribution in [1.82, 2.24) is 0 Å². The van der Waals surface area contributed by atoms with E-state index in [4.69, 9.17) is 9.84 Å². The second kappa shape index (κ2) is 6.61. The van der Waals surface area contributed by atoms with Gasteiger partial charge in [0, 0.05) is 19.3 Å². The lowest BCUT2D eigenvalue weighted by Crippen LogP contribution is -2.35. The molecule has 2 N–H and O–H groups in total. The zero-order valence-corrected chi connectivity index (χ0v) is 11.6. The number of rotatable bonds is 6. The fourth-order valence-corrected chi connectivity index (χ4v) is 2.22. The molecular formula is C14H23NO3. The summed E-state index contributed by atoms with van der Waals surface area (Å²) in [5.41, 5.74) is 3.17. The van der Waals surface area contributed by atoms with Gasteiger partial charge in [-0.3, -0.25) is 0 Å². The number of methoxy groups -OCH3 is 1. The molecule has 0 saturated heterocycles. The standard InChI is InChI=1S/C14H23NO3/c1-10-7-13(8-11(2)14(10)18-4)15(3)12(9-17)5-6-16/h7-8,12,16-17H,5-6,9H2,1-4H3. The van der Waals surface area contributed by atoms with Crippen LogP contribution in [0.5, 0.6) is 5.75 Å². The van der Waals surface area contributed by atoms with E-state index in [1.54, 1.807) is 7.11 Å². The molecule has 0 aliphatic carbocycles. The van der Waals surface area contributed by atoms with Crippen LogP contribution < -0.4 is 9.64 Å². The van der Waals surface area contributed by atoms with E-state index in [9.17, 15) is 5.11 Å². The zero-order chi connectivity index (χ0) is 13.7. The number of nitrogens with zero attached hydrogens (tertiary/aromatic N) is 1. The number of aryl methyl sites for hydroxylation is 2. The van der Waals surface area contributed by atoms with Crippen molar-refractivity contribution in [2.75, 3.05) is 32.3 Å². The highest BCUT2D eigenvalue weighted by molar-refractivity contribution is 5.56. The van der Waals surface area contributed by atoms with Crippen LogP contribution in [-0.4, -0.2) is 43.6 Å². The summed E-state index contributed by atoms with van der Waals surface area (Å²) in [6.45, 7) is 4.11. The molecule has 0 fully saturated rings. The molecule has 0 aliphatic rings. The summed E-state index contributed by atoms with van der Waals surface area (Å²) in [6.07, 6.45) is 0.553. The van der Waals surface area contributed by atoms with Crippen LogP contribution >= 0.6 is 0 Å². The number of likely N-dealkylation sites (N-methyl/N-ethyl adjacent to an activating group) is 1. The van der Waals surface area contributed by atoms with E-state index >= 15 is 0 Å². The summed E-state index contributed by atoms with van der Waals surface area (Å²) in [5.74, 6) is 0.898. The molecule has 102 valence electrons. The zero-order valence-electron chi connectivity index (χ0n) is 11.6. The van der Waals surface area contributed by atoms with Gasteiger partial charge in [0.05, 0.1) is 19.8 Å². The van der Waals surface area contributed by atoms with Gasteiger partial charge in [-0.15, -0.1) is 0 Å². The fraction of sp³-hybridized carbons (Fsp3) is 0.571. The molecule has 0 saturated carbocycles. The maximum absolute atomic E-state index is 9.35. The third-order valence-corrected chi connectivity index (χ3v) is 3.28. The Hall–Kier alpha value is -1.26. The molecule has 4 nitrogen and oxygen atoms in total. The third kappa shape index (κ3) is 3.15. The highest BCUT2D eigenvalue weighted by atomic mass is 16.5. The molecule has 1 aromatic carbocycles. The number of hydrogen-bond acceptors (Lipinski definition) is 4. The molecule has 1 aromatic rings. The number of aliphatic hydroxyl groups is 2. The largest absolute Gasteiger partial charge is 0.496 e. The lowest BCUT2D eigenvalue weighted by Gasteiger charge is -2.29. The van der Waals surface area contributed by atoms with Crippen LogP contribution in [-0.2, 0) is 0 Å². The monoisotopic (exact) mass is 253 g/mol. The number of aliphatic hydroxyl groups excluding tert-OH is 2. The van der Waals surface area contributed by atoms with Crippen molar-refractivity contribution in [2.24, 2.45) is 0 Å². The van der Waals surface area contributed by atoms with Gasteiger partial charge in [-0.1, -0.05) is 0 Å². The minimum Gasteiger partial charge on any atom is -0.496 e. The molecular weight excluding hydrogens is 230 g/mol. The van der Waals surface area contributed by atoms with Crippen LogP contribution in [0.4, 0.5) is 5.69 Å².